The van der Waals surface area contributed by atoms with Crippen molar-refractivity contribution in [1.82, 2.24) is 4.31 Å². The van der Waals surface area contributed by atoms with E-state index in [2.05, 4.69) is 0 Å². The minimum absolute atomic E-state index is 0.0161. The second kappa shape index (κ2) is 7.70. The standard InChI is InChI=1S/C16H14Cl2FNO4S/c1-20(2)25(22,23)10-6-7-14(18)11(8-10)16(21)24-9-12-13(17)4-3-5-15(12)19/h3-8H,9H2,1-2H3. The number of benzene rings is 2. The number of carbonyl (C=O) groups is 1. The first-order chi connectivity index (χ1) is 11.6. The maximum Gasteiger partial charge on any atom is 0.340 e. The minimum atomic E-state index is -3.74. The SMILES string of the molecule is CN(C)S(=O)(=O)c1ccc(Cl)c(C(=O)OCc2c(F)cccc2Cl)c1. The summed E-state index contributed by atoms with van der Waals surface area (Å²) in [6, 6.07) is 7.75. The monoisotopic (exact) mass is 405 g/mol. The lowest BCUT2D eigenvalue weighted by Gasteiger charge is -2.13. The van der Waals surface area contributed by atoms with Crippen LogP contribution in [-0.2, 0) is 21.4 Å². The van der Waals surface area contributed by atoms with E-state index in [0.717, 1.165) is 10.4 Å². The van der Waals surface area contributed by atoms with Crippen molar-refractivity contribution in [3.8, 4) is 0 Å². The molecule has 0 aromatic heterocycles. The van der Waals surface area contributed by atoms with Gasteiger partial charge >= 0.3 is 5.97 Å². The Morgan fingerprint density at radius 3 is 2.44 bits per heavy atom. The van der Waals surface area contributed by atoms with Crippen LogP contribution in [0, 0.1) is 5.82 Å². The molecule has 0 saturated carbocycles. The summed E-state index contributed by atoms with van der Waals surface area (Å²) in [7, 11) is -1.02. The molecule has 25 heavy (non-hydrogen) atoms. The predicted octanol–water partition coefficient (Wildman–Crippen LogP) is 3.74. The Bertz CT molecular complexity index is 896. The van der Waals surface area contributed by atoms with Crippen molar-refractivity contribution in [2.75, 3.05) is 14.1 Å². The van der Waals surface area contributed by atoms with Crippen molar-refractivity contribution >= 4 is 39.2 Å². The van der Waals surface area contributed by atoms with E-state index in [1.165, 1.54) is 44.4 Å². The van der Waals surface area contributed by atoms with Crippen LogP contribution in [0.1, 0.15) is 15.9 Å². The van der Waals surface area contributed by atoms with Gasteiger partial charge in [-0.3, -0.25) is 0 Å². The van der Waals surface area contributed by atoms with Crippen molar-refractivity contribution < 1.29 is 22.3 Å². The summed E-state index contributed by atoms with van der Waals surface area (Å²) in [5.74, 6) is -1.50. The maximum absolute atomic E-state index is 13.7. The molecular weight excluding hydrogens is 392 g/mol. The summed E-state index contributed by atoms with van der Waals surface area (Å²) >= 11 is 11.8. The molecule has 0 atom stereocenters. The number of esters is 1. The van der Waals surface area contributed by atoms with E-state index in [1.54, 1.807) is 0 Å². The average molecular weight is 406 g/mol. The molecule has 0 saturated heterocycles. The molecule has 2 rings (SSSR count). The van der Waals surface area contributed by atoms with Gasteiger partial charge in [-0.15, -0.1) is 0 Å². The highest BCUT2D eigenvalue weighted by Gasteiger charge is 2.22. The Labute approximate surface area is 155 Å². The fraction of sp³-hybridized carbons (Fsp3) is 0.188. The molecule has 0 aliphatic carbocycles. The Hall–Kier alpha value is -1.67. The summed E-state index contributed by atoms with van der Waals surface area (Å²) in [6.45, 7) is -0.411. The van der Waals surface area contributed by atoms with Gasteiger partial charge < -0.3 is 4.74 Å². The highest BCUT2D eigenvalue weighted by atomic mass is 35.5. The van der Waals surface area contributed by atoms with Crippen LogP contribution in [0.3, 0.4) is 0 Å². The van der Waals surface area contributed by atoms with Gasteiger partial charge in [0.15, 0.2) is 0 Å². The van der Waals surface area contributed by atoms with E-state index in [4.69, 9.17) is 27.9 Å². The van der Waals surface area contributed by atoms with Gasteiger partial charge in [-0.05, 0) is 30.3 Å². The molecule has 2 aromatic carbocycles. The first kappa shape index (κ1) is 19.7. The second-order valence-electron chi connectivity index (χ2n) is 5.21. The minimum Gasteiger partial charge on any atom is -0.457 e. The summed E-state index contributed by atoms with van der Waals surface area (Å²) in [5, 5.41) is 0.130. The molecule has 0 spiro atoms. The zero-order valence-electron chi connectivity index (χ0n) is 13.3. The van der Waals surface area contributed by atoms with Crippen LogP contribution in [0.4, 0.5) is 4.39 Å². The maximum atomic E-state index is 13.7. The van der Waals surface area contributed by atoms with Crippen LogP contribution < -0.4 is 0 Å². The van der Waals surface area contributed by atoms with Gasteiger partial charge in [0.2, 0.25) is 10.0 Å². The van der Waals surface area contributed by atoms with E-state index in [9.17, 15) is 17.6 Å². The summed E-state index contributed by atoms with van der Waals surface area (Å²) in [6.07, 6.45) is 0. The van der Waals surface area contributed by atoms with Gasteiger partial charge in [-0.2, -0.15) is 0 Å². The van der Waals surface area contributed by atoms with Crippen LogP contribution in [0.5, 0.6) is 0 Å². The molecule has 0 N–H and O–H groups in total. The number of rotatable bonds is 5. The molecule has 0 bridgehead atoms. The normalized spacial score (nSPS) is 11.6. The molecule has 0 heterocycles. The van der Waals surface area contributed by atoms with Gasteiger partial charge in [0, 0.05) is 19.7 Å². The van der Waals surface area contributed by atoms with E-state index in [1.807, 2.05) is 0 Å². The summed E-state index contributed by atoms with van der Waals surface area (Å²) in [5.41, 5.74) is -0.122. The largest absolute Gasteiger partial charge is 0.457 e. The third-order valence-electron chi connectivity index (χ3n) is 3.35. The fourth-order valence-corrected chi connectivity index (χ4v) is 3.26. The number of halogens is 3. The molecule has 0 radical (unpaired) electrons. The van der Waals surface area contributed by atoms with Gasteiger partial charge in [0.05, 0.1) is 20.5 Å². The molecule has 0 unspecified atom stereocenters. The summed E-state index contributed by atoms with van der Waals surface area (Å²) < 4.78 is 44.0. The Morgan fingerprint density at radius 2 is 1.84 bits per heavy atom. The number of hydrogen-bond acceptors (Lipinski definition) is 4. The topological polar surface area (TPSA) is 63.7 Å². The van der Waals surface area contributed by atoms with Crippen LogP contribution >= 0.6 is 23.2 Å². The first-order valence-corrected chi connectivity index (χ1v) is 9.16. The van der Waals surface area contributed by atoms with E-state index >= 15 is 0 Å². The molecule has 134 valence electrons. The van der Waals surface area contributed by atoms with Crippen molar-refractivity contribution in [3.63, 3.8) is 0 Å². The van der Waals surface area contributed by atoms with Crippen LogP contribution in [0.2, 0.25) is 10.0 Å². The molecular formula is C16H14Cl2FNO4S. The fourth-order valence-electron chi connectivity index (χ4n) is 1.92. The van der Waals surface area contributed by atoms with Crippen LogP contribution in [-0.4, -0.2) is 32.8 Å². The van der Waals surface area contributed by atoms with Crippen molar-refractivity contribution in [2.24, 2.45) is 0 Å². The molecule has 0 aliphatic rings. The second-order valence-corrected chi connectivity index (χ2v) is 8.17. The quantitative estimate of drug-likeness (QED) is 0.710. The molecule has 0 aliphatic heterocycles. The van der Waals surface area contributed by atoms with Gasteiger partial charge in [-0.1, -0.05) is 29.3 Å². The van der Waals surface area contributed by atoms with Crippen molar-refractivity contribution in [1.29, 1.82) is 0 Å². The van der Waals surface area contributed by atoms with Crippen LogP contribution in [0.25, 0.3) is 0 Å². The highest BCUT2D eigenvalue weighted by molar-refractivity contribution is 7.89. The zero-order valence-corrected chi connectivity index (χ0v) is 15.6. The number of ether oxygens (including phenoxy) is 1. The molecule has 2 aromatic rings. The van der Waals surface area contributed by atoms with E-state index < -0.39 is 28.4 Å². The zero-order chi connectivity index (χ0) is 18.8. The lowest BCUT2D eigenvalue weighted by molar-refractivity contribution is 0.0469. The third-order valence-corrected chi connectivity index (χ3v) is 5.84. The molecule has 0 amide bonds. The molecule has 0 fully saturated rings. The third kappa shape index (κ3) is 4.30. The van der Waals surface area contributed by atoms with E-state index in [0.29, 0.717) is 0 Å². The van der Waals surface area contributed by atoms with Crippen molar-refractivity contribution in [2.45, 2.75) is 11.5 Å². The average Bonchev–Trinajstić information content (AvgIpc) is 2.54. The number of carbonyl (C=O) groups excluding carboxylic acids is 1. The molecule has 9 heteroatoms. The smallest absolute Gasteiger partial charge is 0.340 e. The Kier molecular flexibility index (Phi) is 6.05. The number of sulfonamides is 1. The van der Waals surface area contributed by atoms with Gasteiger partial charge in [0.25, 0.3) is 0 Å². The van der Waals surface area contributed by atoms with Crippen molar-refractivity contribution in [3.05, 3.63) is 63.4 Å². The highest BCUT2D eigenvalue weighted by Crippen LogP contribution is 2.24. The lowest BCUT2D eigenvalue weighted by atomic mass is 10.2. The lowest BCUT2D eigenvalue weighted by Crippen LogP contribution is -2.22. The number of hydrogen-bond donors (Lipinski definition) is 0. The predicted molar refractivity (Wildman–Crippen MR) is 92.9 cm³/mol. The number of nitrogens with zero attached hydrogens (tertiary/aromatic N) is 1. The van der Waals surface area contributed by atoms with Crippen LogP contribution in [0.15, 0.2) is 41.3 Å². The van der Waals surface area contributed by atoms with Gasteiger partial charge in [-0.25, -0.2) is 21.9 Å². The first-order valence-electron chi connectivity index (χ1n) is 6.96. The Balaban J connectivity index is 2.28. The van der Waals surface area contributed by atoms with Gasteiger partial charge in [0.1, 0.15) is 12.4 Å². The van der Waals surface area contributed by atoms with E-state index in [-0.39, 0.29) is 26.1 Å². The Morgan fingerprint density at radius 1 is 1.16 bits per heavy atom. The summed E-state index contributed by atoms with van der Waals surface area (Å²) in [4.78, 5) is 12.1. The molecule has 5 nitrogen and oxygen atoms in total.